The Bertz CT molecular complexity index is 1260. The van der Waals surface area contributed by atoms with Gasteiger partial charge in [-0.3, -0.25) is 14.3 Å². The normalized spacial score (nSPS) is 19.7. The summed E-state index contributed by atoms with van der Waals surface area (Å²) >= 11 is 0. The molecule has 0 saturated carbocycles. The van der Waals surface area contributed by atoms with Crippen LogP contribution in [0.5, 0.6) is 0 Å². The number of H-pyrrole nitrogens is 1. The lowest BCUT2D eigenvalue weighted by atomic mass is 10.1. The van der Waals surface area contributed by atoms with Crippen molar-refractivity contribution >= 4 is 11.9 Å². The first-order valence-electron chi connectivity index (χ1n) is 10.1. The predicted molar refractivity (Wildman–Crippen MR) is 112 cm³/mol. The first-order chi connectivity index (χ1) is 15.9. The Hall–Kier alpha value is -4.05. The molecule has 0 bridgehead atoms. The lowest BCUT2D eigenvalue weighted by Gasteiger charge is -2.19. The van der Waals surface area contributed by atoms with E-state index in [1.807, 2.05) is 4.98 Å². The van der Waals surface area contributed by atoms with Crippen LogP contribution in [-0.2, 0) is 14.2 Å². The summed E-state index contributed by atoms with van der Waals surface area (Å²) in [6.07, 6.45) is -2.21. The van der Waals surface area contributed by atoms with Crippen molar-refractivity contribution in [3.05, 3.63) is 105 Å². The van der Waals surface area contributed by atoms with Crippen molar-refractivity contribution in [3.8, 4) is 0 Å². The van der Waals surface area contributed by atoms with Crippen molar-refractivity contribution in [1.29, 1.82) is 0 Å². The van der Waals surface area contributed by atoms with Gasteiger partial charge in [-0.1, -0.05) is 36.4 Å². The number of esters is 2. The van der Waals surface area contributed by atoms with E-state index in [0.717, 1.165) is 10.8 Å². The minimum Gasteiger partial charge on any atom is -0.459 e. The molecule has 3 atom stereocenters. The molecule has 0 radical (unpaired) electrons. The van der Waals surface area contributed by atoms with E-state index >= 15 is 0 Å². The summed E-state index contributed by atoms with van der Waals surface area (Å²) in [4.78, 5) is 50.2. The van der Waals surface area contributed by atoms with Gasteiger partial charge in [-0.25, -0.2) is 14.4 Å². The second-order valence-corrected chi connectivity index (χ2v) is 7.28. The highest BCUT2D eigenvalue weighted by atomic mass is 19.1. The molecule has 2 heterocycles. The zero-order valence-electron chi connectivity index (χ0n) is 17.2. The van der Waals surface area contributed by atoms with Gasteiger partial charge in [-0.15, -0.1) is 0 Å². The number of benzene rings is 2. The minimum absolute atomic E-state index is 0.0302. The zero-order chi connectivity index (χ0) is 23.4. The van der Waals surface area contributed by atoms with Gasteiger partial charge in [-0.2, -0.15) is 4.39 Å². The maximum atomic E-state index is 13.8. The van der Waals surface area contributed by atoms with Gasteiger partial charge >= 0.3 is 17.6 Å². The number of nitrogens with zero attached hydrogens (tertiary/aromatic N) is 1. The molecule has 33 heavy (non-hydrogen) atoms. The molecule has 9 nitrogen and oxygen atoms in total. The number of carbonyl (C=O) groups excluding carboxylic acids is 2. The van der Waals surface area contributed by atoms with Crippen molar-refractivity contribution in [2.24, 2.45) is 0 Å². The van der Waals surface area contributed by atoms with Crippen LogP contribution in [0.15, 0.2) is 76.4 Å². The summed E-state index contributed by atoms with van der Waals surface area (Å²) in [5.41, 5.74) is -1.42. The van der Waals surface area contributed by atoms with Crippen molar-refractivity contribution in [2.45, 2.75) is 24.9 Å². The fraction of sp³-hybridized carbons (Fsp3) is 0.217. The Morgan fingerprint density at radius 1 is 1.00 bits per heavy atom. The first-order valence-corrected chi connectivity index (χ1v) is 10.1. The molecule has 1 N–H and O–H groups in total. The van der Waals surface area contributed by atoms with E-state index in [2.05, 4.69) is 0 Å². The molecule has 1 aromatic heterocycles. The number of hydrogen-bond donors (Lipinski definition) is 1. The maximum Gasteiger partial charge on any atom is 0.338 e. The molecule has 170 valence electrons. The van der Waals surface area contributed by atoms with Gasteiger partial charge in [0.2, 0.25) is 5.82 Å². The van der Waals surface area contributed by atoms with E-state index in [1.165, 1.54) is 0 Å². The molecule has 2 aromatic carbocycles. The van der Waals surface area contributed by atoms with E-state index in [1.54, 1.807) is 60.7 Å². The third-order valence-corrected chi connectivity index (χ3v) is 5.07. The highest BCUT2D eigenvalue weighted by molar-refractivity contribution is 5.90. The number of hydrogen-bond acceptors (Lipinski definition) is 7. The summed E-state index contributed by atoms with van der Waals surface area (Å²) in [5, 5.41) is 0. The summed E-state index contributed by atoms with van der Waals surface area (Å²) in [6.45, 7) is -0.280. The van der Waals surface area contributed by atoms with E-state index in [-0.39, 0.29) is 13.0 Å². The molecule has 1 aliphatic heterocycles. The first kappa shape index (κ1) is 22.2. The molecule has 1 aliphatic rings. The van der Waals surface area contributed by atoms with E-state index in [9.17, 15) is 23.6 Å². The van der Waals surface area contributed by atoms with E-state index in [4.69, 9.17) is 14.2 Å². The highest BCUT2D eigenvalue weighted by Gasteiger charge is 2.40. The molecule has 0 amide bonds. The Balaban J connectivity index is 1.53. The number of aromatic amines is 1. The standard InChI is InChI=1S/C23H19FN2O7/c24-16-12-26(23(30)25-20(16)27)19-11-17(33-22(29)15-9-5-2-6-10-15)18(32-19)13-31-21(28)14-7-3-1-4-8-14/h1-10,12,17-19H,11,13H2,(H,25,27,30). The summed E-state index contributed by atoms with van der Waals surface area (Å²) in [6, 6.07) is 16.5. The van der Waals surface area contributed by atoms with Crippen LogP contribution in [0.1, 0.15) is 33.4 Å². The molecular weight excluding hydrogens is 435 g/mol. The molecule has 1 fully saturated rings. The monoisotopic (exact) mass is 454 g/mol. The van der Waals surface area contributed by atoms with Crippen molar-refractivity contribution in [2.75, 3.05) is 6.61 Å². The van der Waals surface area contributed by atoms with Gasteiger partial charge in [0.15, 0.2) is 0 Å². The number of ether oxygens (including phenoxy) is 3. The average molecular weight is 454 g/mol. The molecule has 3 unspecified atom stereocenters. The fourth-order valence-corrected chi connectivity index (χ4v) is 3.42. The molecular formula is C23H19FN2O7. The predicted octanol–water partition coefficient (Wildman–Crippen LogP) is 2.05. The van der Waals surface area contributed by atoms with Crippen LogP contribution in [0.25, 0.3) is 0 Å². The second-order valence-electron chi connectivity index (χ2n) is 7.28. The van der Waals surface area contributed by atoms with Crippen LogP contribution in [0, 0.1) is 5.82 Å². The molecule has 3 aromatic rings. The summed E-state index contributed by atoms with van der Waals surface area (Å²) < 4.78 is 31.3. The lowest BCUT2D eigenvalue weighted by molar-refractivity contribution is -0.0584. The van der Waals surface area contributed by atoms with Crippen LogP contribution in [0.4, 0.5) is 4.39 Å². The quantitative estimate of drug-likeness (QED) is 0.567. The van der Waals surface area contributed by atoms with Crippen molar-refractivity contribution < 1.29 is 28.2 Å². The van der Waals surface area contributed by atoms with Gasteiger partial charge < -0.3 is 14.2 Å². The maximum absolute atomic E-state index is 13.8. The van der Waals surface area contributed by atoms with E-state index < -0.39 is 47.4 Å². The molecule has 0 aliphatic carbocycles. The average Bonchev–Trinajstić information content (AvgIpc) is 3.23. The molecule has 1 saturated heterocycles. The Morgan fingerprint density at radius 2 is 1.61 bits per heavy atom. The number of carbonyl (C=O) groups is 2. The number of aromatic nitrogens is 2. The second kappa shape index (κ2) is 9.61. The van der Waals surface area contributed by atoms with Crippen LogP contribution in [0.3, 0.4) is 0 Å². The Kier molecular flexibility index (Phi) is 6.45. The Morgan fingerprint density at radius 3 is 2.24 bits per heavy atom. The van der Waals surface area contributed by atoms with Crippen LogP contribution in [-0.4, -0.2) is 40.3 Å². The van der Waals surface area contributed by atoms with Gasteiger partial charge in [0, 0.05) is 6.42 Å². The van der Waals surface area contributed by atoms with Gasteiger partial charge in [0.05, 0.1) is 17.3 Å². The van der Waals surface area contributed by atoms with Crippen LogP contribution < -0.4 is 11.2 Å². The highest BCUT2D eigenvalue weighted by Crippen LogP contribution is 2.31. The molecule has 10 heteroatoms. The zero-order valence-corrected chi connectivity index (χ0v) is 17.2. The largest absolute Gasteiger partial charge is 0.459 e. The van der Waals surface area contributed by atoms with Crippen molar-refractivity contribution in [1.82, 2.24) is 9.55 Å². The minimum atomic E-state index is -1.17. The SMILES string of the molecule is O=C(OCC1OC(n2cc(F)c(=O)[nH]c2=O)CC1OC(=O)c1ccccc1)c1ccccc1. The number of rotatable bonds is 6. The molecule has 4 rings (SSSR count). The van der Waals surface area contributed by atoms with Crippen LogP contribution >= 0.6 is 0 Å². The number of halogens is 1. The Labute approximate surface area is 186 Å². The summed E-state index contributed by atoms with van der Waals surface area (Å²) in [5.74, 6) is -2.41. The smallest absolute Gasteiger partial charge is 0.338 e. The van der Waals surface area contributed by atoms with Gasteiger partial charge in [-0.05, 0) is 24.3 Å². The molecule has 0 spiro atoms. The van der Waals surface area contributed by atoms with Gasteiger partial charge in [0.1, 0.15) is 25.0 Å². The van der Waals surface area contributed by atoms with Gasteiger partial charge in [0.25, 0.3) is 5.56 Å². The van der Waals surface area contributed by atoms with Crippen LogP contribution in [0.2, 0.25) is 0 Å². The lowest BCUT2D eigenvalue weighted by Crippen LogP contribution is -2.34. The topological polar surface area (TPSA) is 117 Å². The third-order valence-electron chi connectivity index (χ3n) is 5.07. The third kappa shape index (κ3) is 5.07. The van der Waals surface area contributed by atoms with Crippen molar-refractivity contribution in [3.63, 3.8) is 0 Å². The van der Waals surface area contributed by atoms with E-state index in [0.29, 0.717) is 11.1 Å². The number of nitrogens with one attached hydrogen (secondary N) is 1. The summed E-state index contributed by atoms with van der Waals surface area (Å²) in [7, 11) is 0. The fourth-order valence-electron chi connectivity index (χ4n) is 3.42.